The zero-order chi connectivity index (χ0) is 24.9. The third-order valence-corrected chi connectivity index (χ3v) is 6.15. The topological polar surface area (TPSA) is 95.3 Å². The molecule has 1 aliphatic rings. The molecular weight excluding hydrogens is 450 g/mol. The molecule has 0 aliphatic carbocycles. The van der Waals surface area contributed by atoms with Crippen molar-refractivity contribution in [2.45, 2.75) is 26.2 Å². The van der Waals surface area contributed by atoms with Crippen molar-refractivity contribution < 1.29 is 23.9 Å². The second kappa shape index (κ2) is 10.5. The molecule has 0 radical (unpaired) electrons. The molecule has 1 N–H and O–H groups in total. The number of fused-ring (bicyclic) bond motifs is 1. The smallest absolute Gasteiger partial charge is 0.292 e. The van der Waals surface area contributed by atoms with Crippen LogP contribution in [0, 0.1) is 10.1 Å². The molecule has 184 valence electrons. The summed E-state index contributed by atoms with van der Waals surface area (Å²) in [4.78, 5) is 13.7. The third kappa shape index (κ3) is 5.25. The molecule has 4 rings (SSSR count). The number of anilines is 1. The van der Waals surface area contributed by atoms with Gasteiger partial charge in [0.15, 0.2) is 0 Å². The van der Waals surface area contributed by atoms with Crippen LogP contribution in [0.5, 0.6) is 23.0 Å². The first kappa shape index (κ1) is 24.2. The van der Waals surface area contributed by atoms with Crippen molar-refractivity contribution in [1.29, 1.82) is 0 Å². The average molecular weight is 480 g/mol. The van der Waals surface area contributed by atoms with Crippen LogP contribution >= 0.6 is 0 Å². The Balaban J connectivity index is 1.53. The summed E-state index contributed by atoms with van der Waals surface area (Å²) in [6, 6.07) is 14.8. The molecule has 3 aromatic rings. The number of ether oxygens (including phenoxy) is 4. The van der Waals surface area contributed by atoms with E-state index in [9.17, 15) is 10.1 Å². The first-order chi connectivity index (χ1) is 16.9. The van der Waals surface area contributed by atoms with Gasteiger partial charge in [0.2, 0.25) is 0 Å². The van der Waals surface area contributed by atoms with Gasteiger partial charge in [-0.3, -0.25) is 15.0 Å². The van der Waals surface area contributed by atoms with Gasteiger partial charge in [-0.25, -0.2) is 0 Å². The Morgan fingerprint density at radius 1 is 0.829 bits per heavy atom. The van der Waals surface area contributed by atoms with Crippen molar-refractivity contribution in [3.05, 3.63) is 80.9 Å². The lowest BCUT2D eigenvalue weighted by molar-refractivity contribution is -0.384. The molecule has 9 nitrogen and oxygen atoms in total. The van der Waals surface area contributed by atoms with Crippen LogP contribution in [0.15, 0.2) is 48.5 Å². The van der Waals surface area contributed by atoms with Crippen LogP contribution in [0.1, 0.15) is 22.3 Å². The van der Waals surface area contributed by atoms with E-state index >= 15 is 0 Å². The number of benzene rings is 3. The second-order valence-corrected chi connectivity index (χ2v) is 8.25. The summed E-state index contributed by atoms with van der Waals surface area (Å²) in [5, 5.41) is 15.1. The Hall–Kier alpha value is -3.98. The lowest BCUT2D eigenvalue weighted by Crippen LogP contribution is -2.16. The van der Waals surface area contributed by atoms with E-state index in [-0.39, 0.29) is 10.6 Å². The molecular formula is C26H29N3O6. The number of nitrogens with zero attached hydrogens (tertiary/aromatic N) is 2. The van der Waals surface area contributed by atoms with Crippen molar-refractivity contribution >= 4 is 11.4 Å². The molecule has 3 aromatic carbocycles. The first-order valence-electron chi connectivity index (χ1n) is 11.1. The van der Waals surface area contributed by atoms with E-state index in [4.69, 9.17) is 18.9 Å². The fourth-order valence-electron chi connectivity index (χ4n) is 4.32. The van der Waals surface area contributed by atoms with Crippen LogP contribution < -0.4 is 24.3 Å². The van der Waals surface area contributed by atoms with E-state index in [0.717, 1.165) is 33.8 Å². The standard InChI is InChI=1S/C26H29N3O6/c1-32-21-7-5-17(25(11-21)34-3)13-27-23-9-19-15-28(16-20(19)10-24(23)29(30)31)14-18-6-8-22(33-2)12-26(18)35-4/h5-12,27H,13-16H2,1-4H3. The van der Waals surface area contributed by atoms with Gasteiger partial charge in [0.25, 0.3) is 5.69 Å². The van der Waals surface area contributed by atoms with E-state index < -0.39 is 0 Å². The van der Waals surface area contributed by atoms with Gasteiger partial charge in [0.1, 0.15) is 28.7 Å². The Kier molecular flexibility index (Phi) is 7.26. The van der Waals surface area contributed by atoms with Crippen LogP contribution in [-0.4, -0.2) is 38.3 Å². The molecule has 1 heterocycles. The van der Waals surface area contributed by atoms with E-state index in [1.54, 1.807) is 40.6 Å². The minimum Gasteiger partial charge on any atom is -0.497 e. The van der Waals surface area contributed by atoms with Crippen molar-refractivity contribution in [2.24, 2.45) is 0 Å². The molecule has 0 saturated heterocycles. The van der Waals surface area contributed by atoms with Crippen molar-refractivity contribution in [3.63, 3.8) is 0 Å². The number of rotatable bonds is 10. The summed E-state index contributed by atoms with van der Waals surface area (Å²) in [5.41, 5.74) is 4.46. The fraction of sp³-hybridized carbons (Fsp3) is 0.308. The number of hydrogen-bond donors (Lipinski definition) is 1. The average Bonchev–Trinajstić information content (AvgIpc) is 3.27. The molecule has 0 saturated carbocycles. The molecule has 0 bridgehead atoms. The quantitative estimate of drug-likeness (QED) is 0.329. The Morgan fingerprint density at radius 3 is 1.97 bits per heavy atom. The van der Waals surface area contributed by atoms with Gasteiger partial charge in [-0.15, -0.1) is 0 Å². The minimum atomic E-state index is -0.344. The molecule has 1 aliphatic heterocycles. The zero-order valence-corrected chi connectivity index (χ0v) is 20.3. The van der Waals surface area contributed by atoms with Crippen LogP contribution in [0.3, 0.4) is 0 Å². The molecule has 9 heteroatoms. The maximum atomic E-state index is 11.8. The monoisotopic (exact) mass is 479 g/mol. The summed E-state index contributed by atoms with van der Waals surface area (Å²) in [5.74, 6) is 2.82. The molecule has 0 aromatic heterocycles. The Labute approximate surface area is 204 Å². The largest absolute Gasteiger partial charge is 0.497 e. The van der Waals surface area contributed by atoms with E-state index in [1.165, 1.54) is 0 Å². The molecule has 0 spiro atoms. The summed E-state index contributed by atoms with van der Waals surface area (Å²) in [7, 11) is 6.43. The van der Waals surface area contributed by atoms with Gasteiger partial charge in [0, 0.05) is 55.5 Å². The Bertz CT molecular complexity index is 1230. The lowest BCUT2D eigenvalue weighted by Gasteiger charge is -2.17. The van der Waals surface area contributed by atoms with Crippen molar-refractivity contribution in [1.82, 2.24) is 4.90 Å². The van der Waals surface area contributed by atoms with Gasteiger partial charge in [-0.2, -0.15) is 0 Å². The fourth-order valence-corrected chi connectivity index (χ4v) is 4.32. The Morgan fingerprint density at radius 2 is 1.40 bits per heavy atom. The number of methoxy groups -OCH3 is 4. The van der Waals surface area contributed by atoms with Crippen LogP contribution in [0.2, 0.25) is 0 Å². The van der Waals surface area contributed by atoms with Gasteiger partial charge in [-0.05, 0) is 35.4 Å². The van der Waals surface area contributed by atoms with Gasteiger partial charge in [-0.1, -0.05) is 6.07 Å². The highest BCUT2D eigenvalue weighted by Gasteiger charge is 2.26. The SMILES string of the molecule is COc1ccc(CNc2cc3c(cc2[N+](=O)[O-])CN(Cc2ccc(OC)cc2OC)C3)c(OC)c1. The zero-order valence-electron chi connectivity index (χ0n) is 20.3. The minimum absolute atomic E-state index is 0.0557. The van der Waals surface area contributed by atoms with Crippen LogP contribution in [0.4, 0.5) is 11.4 Å². The molecule has 35 heavy (non-hydrogen) atoms. The molecule has 0 fully saturated rings. The maximum absolute atomic E-state index is 11.8. The molecule has 0 amide bonds. The van der Waals surface area contributed by atoms with E-state index in [1.807, 2.05) is 36.4 Å². The van der Waals surface area contributed by atoms with Gasteiger partial charge >= 0.3 is 0 Å². The summed E-state index contributed by atoms with van der Waals surface area (Å²) < 4.78 is 21.5. The normalized spacial score (nSPS) is 12.7. The summed E-state index contributed by atoms with van der Waals surface area (Å²) in [6.45, 7) is 2.34. The van der Waals surface area contributed by atoms with E-state index in [0.29, 0.717) is 43.4 Å². The lowest BCUT2D eigenvalue weighted by atomic mass is 10.1. The number of nitro groups is 1. The predicted molar refractivity (Wildman–Crippen MR) is 132 cm³/mol. The maximum Gasteiger partial charge on any atom is 0.292 e. The number of nitro benzene ring substituents is 1. The predicted octanol–water partition coefficient (Wildman–Crippen LogP) is 4.76. The molecule has 0 atom stereocenters. The highest BCUT2D eigenvalue weighted by Crippen LogP contribution is 2.36. The van der Waals surface area contributed by atoms with Crippen molar-refractivity contribution in [3.8, 4) is 23.0 Å². The second-order valence-electron chi connectivity index (χ2n) is 8.25. The summed E-state index contributed by atoms with van der Waals surface area (Å²) >= 11 is 0. The van der Waals surface area contributed by atoms with Crippen LogP contribution in [-0.2, 0) is 26.2 Å². The number of hydrogen-bond acceptors (Lipinski definition) is 8. The van der Waals surface area contributed by atoms with E-state index in [2.05, 4.69) is 10.2 Å². The molecule has 0 unspecified atom stereocenters. The van der Waals surface area contributed by atoms with Crippen molar-refractivity contribution in [2.75, 3.05) is 33.8 Å². The number of nitrogens with one attached hydrogen (secondary N) is 1. The highest BCUT2D eigenvalue weighted by atomic mass is 16.6. The summed E-state index contributed by atoms with van der Waals surface area (Å²) in [6.07, 6.45) is 0. The van der Waals surface area contributed by atoms with Gasteiger partial charge in [0.05, 0.1) is 33.4 Å². The van der Waals surface area contributed by atoms with Crippen LogP contribution in [0.25, 0.3) is 0 Å². The first-order valence-corrected chi connectivity index (χ1v) is 11.1. The van der Waals surface area contributed by atoms with Gasteiger partial charge < -0.3 is 24.3 Å². The highest BCUT2D eigenvalue weighted by molar-refractivity contribution is 5.65. The third-order valence-electron chi connectivity index (χ3n) is 6.15.